The Labute approximate surface area is 168 Å². The van der Waals surface area contributed by atoms with Crippen LogP contribution < -0.4 is 0 Å². The van der Waals surface area contributed by atoms with Crippen molar-refractivity contribution in [1.29, 1.82) is 0 Å². The zero-order chi connectivity index (χ0) is 19.7. The fourth-order valence-corrected chi connectivity index (χ4v) is 4.43. The monoisotopic (exact) mass is 395 g/mol. The molecule has 2 aromatic carbocycles. The van der Waals surface area contributed by atoms with Crippen LogP contribution >= 0.6 is 11.6 Å². The Balaban J connectivity index is 1.80. The van der Waals surface area contributed by atoms with E-state index in [0.29, 0.717) is 16.3 Å². The van der Waals surface area contributed by atoms with Gasteiger partial charge in [-0.15, -0.1) is 0 Å². The minimum atomic E-state index is -1.43. The molecule has 0 spiro atoms. The zero-order valence-electron chi connectivity index (χ0n) is 15.5. The van der Waals surface area contributed by atoms with Gasteiger partial charge in [-0.3, -0.25) is 4.79 Å². The summed E-state index contributed by atoms with van der Waals surface area (Å²) in [6.45, 7) is 0.819. The molecule has 1 aliphatic rings. The Kier molecular flexibility index (Phi) is 5.23. The third kappa shape index (κ3) is 3.69. The summed E-state index contributed by atoms with van der Waals surface area (Å²) in [5.74, 6) is -1.72. The lowest BCUT2D eigenvalue weighted by Gasteiger charge is -2.22. The fraction of sp³-hybridized carbons (Fsp3) is 0.304. The molecular formula is C23H22ClNO3. The van der Waals surface area contributed by atoms with E-state index in [2.05, 4.69) is 4.57 Å². The van der Waals surface area contributed by atoms with Crippen LogP contribution in [0.1, 0.15) is 42.5 Å². The lowest BCUT2D eigenvalue weighted by molar-refractivity contribution is -0.131. The largest absolute Gasteiger partial charge is 0.475 e. The first-order valence-corrected chi connectivity index (χ1v) is 10.1. The number of aliphatic carboxylic acids is 1. The van der Waals surface area contributed by atoms with Crippen LogP contribution in [0.15, 0.2) is 48.7 Å². The molecule has 4 nitrogen and oxygen atoms in total. The standard InChI is InChI=1S/C23H22ClNO3/c24-18-8-4-7-16(11-18)17-9-10-21-19(12-17)20(22(26)23(27)28)14-25(21)13-15-5-2-1-3-6-15/h4,7-12,14-15H,1-3,5-6,13H2,(H,27,28). The highest BCUT2D eigenvalue weighted by Crippen LogP contribution is 2.32. The molecule has 0 radical (unpaired) electrons. The Bertz CT molecular complexity index is 1050. The minimum absolute atomic E-state index is 0.252. The molecule has 1 aliphatic carbocycles. The zero-order valence-corrected chi connectivity index (χ0v) is 16.3. The molecule has 4 rings (SSSR count). The third-order valence-electron chi connectivity index (χ3n) is 5.66. The lowest BCUT2D eigenvalue weighted by atomic mass is 9.89. The highest BCUT2D eigenvalue weighted by molar-refractivity contribution is 6.42. The maximum Gasteiger partial charge on any atom is 0.377 e. The van der Waals surface area contributed by atoms with Crippen LogP contribution in [0.3, 0.4) is 0 Å². The van der Waals surface area contributed by atoms with E-state index in [-0.39, 0.29) is 5.56 Å². The molecule has 3 aromatic rings. The molecule has 1 saturated carbocycles. The summed E-state index contributed by atoms with van der Waals surface area (Å²) in [5, 5.41) is 10.6. The molecule has 0 aliphatic heterocycles. The smallest absolute Gasteiger partial charge is 0.377 e. The van der Waals surface area contributed by atoms with E-state index in [9.17, 15) is 14.7 Å². The molecule has 1 aromatic heterocycles. The van der Waals surface area contributed by atoms with Crippen LogP contribution in [0, 0.1) is 5.92 Å². The van der Waals surface area contributed by atoms with Crippen molar-refractivity contribution in [3.05, 3.63) is 59.2 Å². The Morgan fingerprint density at radius 3 is 2.50 bits per heavy atom. The van der Waals surface area contributed by atoms with E-state index in [4.69, 9.17) is 11.6 Å². The van der Waals surface area contributed by atoms with E-state index in [1.165, 1.54) is 32.1 Å². The van der Waals surface area contributed by atoms with Crippen LogP contribution in [-0.4, -0.2) is 21.4 Å². The highest BCUT2D eigenvalue weighted by atomic mass is 35.5. The second-order valence-corrected chi connectivity index (χ2v) is 8.01. The van der Waals surface area contributed by atoms with Gasteiger partial charge in [0.15, 0.2) is 0 Å². The highest BCUT2D eigenvalue weighted by Gasteiger charge is 2.23. The molecule has 0 saturated heterocycles. The van der Waals surface area contributed by atoms with Gasteiger partial charge < -0.3 is 9.67 Å². The van der Waals surface area contributed by atoms with E-state index in [1.807, 2.05) is 42.5 Å². The van der Waals surface area contributed by atoms with Gasteiger partial charge in [-0.1, -0.05) is 49.1 Å². The van der Waals surface area contributed by atoms with E-state index in [1.54, 1.807) is 6.20 Å². The summed E-state index contributed by atoms with van der Waals surface area (Å²) in [7, 11) is 0. The average Bonchev–Trinajstić information content (AvgIpc) is 3.05. The van der Waals surface area contributed by atoms with Crippen molar-refractivity contribution in [1.82, 2.24) is 4.57 Å². The van der Waals surface area contributed by atoms with Crippen molar-refractivity contribution in [2.75, 3.05) is 0 Å². The number of hydrogen-bond donors (Lipinski definition) is 1. The number of carbonyl (C=O) groups excluding carboxylic acids is 1. The number of halogens is 1. The minimum Gasteiger partial charge on any atom is -0.475 e. The van der Waals surface area contributed by atoms with Crippen molar-refractivity contribution in [3.8, 4) is 11.1 Å². The van der Waals surface area contributed by atoms with Crippen molar-refractivity contribution in [3.63, 3.8) is 0 Å². The summed E-state index contributed by atoms with van der Waals surface area (Å²) >= 11 is 6.11. The van der Waals surface area contributed by atoms with Crippen molar-refractivity contribution >= 4 is 34.3 Å². The first-order chi connectivity index (χ1) is 13.5. The summed E-state index contributed by atoms with van der Waals surface area (Å²) < 4.78 is 2.06. The fourth-order valence-electron chi connectivity index (χ4n) is 4.24. The number of Topliss-reactive ketones (excluding diaryl/α,β-unsaturated/α-hetero) is 1. The summed E-state index contributed by atoms with van der Waals surface area (Å²) in [6, 6.07) is 13.4. The molecule has 0 unspecified atom stereocenters. The van der Waals surface area contributed by atoms with Gasteiger partial charge in [0, 0.05) is 28.7 Å². The first-order valence-electron chi connectivity index (χ1n) is 9.69. The molecule has 1 fully saturated rings. The van der Waals surface area contributed by atoms with Gasteiger partial charge in [-0.05, 0) is 54.2 Å². The predicted octanol–water partition coefficient (Wildman–Crippen LogP) is 5.81. The van der Waals surface area contributed by atoms with Crippen LogP contribution in [0.2, 0.25) is 5.02 Å². The number of nitrogens with zero attached hydrogens (tertiary/aromatic N) is 1. The average molecular weight is 396 g/mol. The summed E-state index contributed by atoms with van der Waals surface area (Å²) in [4.78, 5) is 23.7. The van der Waals surface area contributed by atoms with Crippen LogP contribution in [0.25, 0.3) is 22.0 Å². The Morgan fingerprint density at radius 1 is 1.04 bits per heavy atom. The topological polar surface area (TPSA) is 59.3 Å². The molecular weight excluding hydrogens is 374 g/mol. The normalized spacial score (nSPS) is 15.0. The molecule has 0 amide bonds. The van der Waals surface area contributed by atoms with Gasteiger partial charge in [0.1, 0.15) is 0 Å². The number of carboxylic acids is 1. The number of benzene rings is 2. The van der Waals surface area contributed by atoms with Gasteiger partial charge >= 0.3 is 5.97 Å². The molecule has 144 valence electrons. The quantitative estimate of drug-likeness (QED) is 0.438. The summed E-state index contributed by atoms with van der Waals surface area (Å²) in [5.41, 5.74) is 3.00. The van der Waals surface area contributed by atoms with E-state index >= 15 is 0 Å². The number of carbonyl (C=O) groups is 2. The maximum absolute atomic E-state index is 12.3. The number of carboxylic acid groups (broad SMARTS) is 1. The van der Waals surface area contributed by atoms with Crippen LogP contribution in [0.5, 0.6) is 0 Å². The van der Waals surface area contributed by atoms with Gasteiger partial charge in [0.25, 0.3) is 5.78 Å². The SMILES string of the molecule is O=C(O)C(=O)c1cn(CC2CCCCC2)c2ccc(-c3cccc(Cl)c3)cc12. The summed E-state index contributed by atoms with van der Waals surface area (Å²) in [6.07, 6.45) is 7.85. The number of hydrogen-bond acceptors (Lipinski definition) is 2. The number of rotatable bonds is 5. The van der Waals surface area contributed by atoms with Crippen molar-refractivity contribution in [2.24, 2.45) is 5.92 Å². The van der Waals surface area contributed by atoms with Gasteiger partial charge in [0.05, 0.1) is 5.56 Å². The van der Waals surface area contributed by atoms with Crippen molar-refractivity contribution in [2.45, 2.75) is 38.6 Å². The second kappa shape index (κ2) is 7.80. The Morgan fingerprint density at radius 2 is 1.79 bits per heavy atom. The number of fused-ring (bicyclic) bond motifs is 1. The van der Waals surface area contributed by atoms with Gasteiger partial charge in [-0.25, -0.2) is 4.79 Å². The number of ketones is 1. The molecule has 1 N–H and O–H groups in total. The number of aromatic nitrogens is 1. The van der Waals surface area contributed by atoms with E-state index in [0.717, 1.165) is 23.2 Å². The molecule has 28 heavy (non-hydrogen) atoms. The first kappa shape index (κ1) is 18.8. The second-order valence-electron chi connectivity index (χ2n) is 7.58. The van der Waals surface area contributed by atoms with E-state index < -0.39 is 11.8 Å². The third-order valence-corrected chi connectivity index (χ3v) is 5.89. The van der Waals surface area contributed by atoms with Gasteiger partial charge in [0.2, 0.25) is 0 Å². The maximum atomic E-state index is 12.3. The predicted molar refractivity (Wildman–Crippen MR) is 111 cm³/mol. The molecule has 1 heterocycles. The lowest BCUT2D eigenvalue weighted by Crippen LogP contribution is -2.14. The van der Waals surface area contributed by atoms with Gasteiger partial charge in [-0.2, -0.15) is 0 Å². The van der Waals surface area contributed by atoms with Crippen molar-refractivity contribution < 1.29 is 14.7 Å². The van der Waals surface area contributed by atoms with Crippen LogP contribution in [-0.2, 0) is 11.3 Å². The van der Waals surface area contributed by atoms with Crippen LogP contribution in [0.4, 0.5) is 0 Å². The molecule has 0 atom stereocenters. The molecule has 5 heteroatoms. The Hall–Kier alpha value is -2.59. The molecule has 0 bridgehead atoms.